The quantitative estimate of drug-likeness (QED) is 0.782. The number of rotatable bonds is 3. The van der Waals surface area contributed by atoms with Gasteiger partial charge < -0.3 is 14.2 Å². The molecule has 0 spiro atoms. The van der Waals surface area contributed by atoms with E-state index in [1.165, 1.54) is 19.2 Å². The first-order valence-electron chi connectivity index (χ1n) is 5.39. The predicted octanol–water partition coefficient (Wildman–Crippen LogP) is 2.53. The predicted molar refractivity (Wildman–Crippen MR) is 62.1 cm³/mol. The summed E-state index contributed by atoms with van der Waals surface area (Å²) in [5.74, 6) is 0.212. The van der Waals surface area contributed by atoms with Crippen molar-refractivity contribution in [2.75, 3.05) is 26.9 Å². The Morgan fingerprint density at radius 2 is 2.29 bits per heavy atom. The van der Waals surface area contributed by atoms with Crippen LogP contribution in [-0.2, 0) is 9.47 Å². The number of methoxy groups -OCH3 is 1. The molecule has 1 aromatic rings. The summed E-state index contributed by atoms with van der Waals surface area (Å²) in [5, 5.41) is -0.485. The highest BCUT2D eigenvalue weighted by Crippen LogP contribution is 2.34. The summed E-state index contributed by atoms with van der Waals surface area (Å²) in [6.07, 6.45) is -0.277. The van der Waals surface area contributed by atoms with Crippen LogP contribution >= 0.6 is 11.6 Å². The smallest absolute Gasteiger partial charge is 0.123 e. The molecule has 1 saturated heterocycles. The summed E-state index contributed by atoms with van der Waals surface area (Å²) in [7, 11) is 1.53. The van der Waals surface area contributed by atoms with E-state index in [1.807, 2.05) is 0 Å². The lowest BCUT2D eigenvalue weighted by atomic mass is 10.1. The van der Waals surface area contributed by atoms with E-state index in [4.69, 9.17) is 25.8 Å². The molecule has 0 N–H and O–H groups in total. The molecular weight excluding hydrogens is 247 g/mol. The van der Waals surface area contributed by atoms with Gasteiger partial charge in [0.1, 0.15) is 17.7 Å². The largest absolute Gasteiger partial charge is 0.496 e. The van der Waals surface area contributed by atoms with Crippen molar-refractivity contribution < 1.29 is 18.6 Å². The van der Waals surface area contributed by atoms with Crippen LogP contribution in [0.15, 0.2) is 18.2 Å². The maximum atomic E-state index is 13.2. The fraction of sp³-hybridized carbons (Fsp3) is 0.500. The summed E-state index contributed by atoms with van der Waals surface area (Å²) >= 11 is 6.29. The maximum Gasteiger partial charge on any atom is 0.123 e. The van der Waals surface area contributed by atoms with Crippen LogP contribution < -0.4 is 4.74 Å². The summed E-state index contributed by atoms with van der Waals surface area (Å²) in [6, 6.07) is 4.27. The summed E-state index contributed by atoms with van der Waals surface area (Å²) in [4.78, 5) is 0. The molecule has 0 saturated carbocycles. The highest BCUT2D eigenvalue weighted by molar-refractivity contribution is 6.21. The second-order valence-corrected chi connectivity index (χ2v) is 4.24. The molecule has 1 aromatic carbocycles. The molecule has 1 fully saturated rings. The van der Waals surface area contributed by atoms with E-state index in [-0.39, 0.29) is 11.9 Å². The zero-order valence-electron chi connectivity index (χ0n) is 9.49. The molecule has 5 heteroatoms. The van der Waals surface area contributed by atoms with E-state index >= 15 is 0 Å². The van der Waals surface area contributed by atoms with Gasteiger partial charge in [-0.1, -0.05) is 0 Å². The molecule has 0 bridgehead atoms. The van der Waals surface area contributed by atoms with Gasteiger partial charge in [-0.15, -0.1) is 11.6 Å². The first-order valence-corrected chi connectivity index (χ1v) is 5.83. The van der Waals surface area contributed by atoms with Gasteiger partial charge in [0.05, 0.1) is 32.3 Å². The molecule has 1 heterocycles. The first kappa shape index (κ1) is 12.6. The Morgan fingerprint density at radius 3 is 2.94 bits per heavy atom. The fourth-order valence-electron chi connectivity index (χ4n) is 1.80. The average molecular weight is 261 g/mol. The molecule has 2 rings (SSSR count). The molecular formula is C12H14ClFO3. The van der Waals surface area contributed by atoms with Crippen LogP contribution in [0.2, 0.25) is 0 Å². The van der Waals surface area contributed by atoms with Crippen molar-refractivity contribution in [2.24, 2.45) is 0 Å². The monoisotopic (exact) mass is 260 g/mol. The van der Waals surface area contributed by atoms with Crippen molar-refractivity contribution in [1.82, 2.24) is 0 Å². The number of benzene rings is 1. The molecule has 1 aliphatic heterocycles. The molecule has 17 heavy (non-hydrogen) atoms. The fourth-order valence-corrected chi connectivity index (χ4v) is 2.11. The molecule has 2 atom stereocenters. The van der Waals surface area contributed by atoms with Gasteiger partial charge in [0.25, 0.3) is 0 Å². The molecule has 3 nitrogen and oxygen atoms in total. The van der Waals surface area contributed by atoms with Crippen molar-refractivity contribution in [3.8, 4) is 5.75 Å². The normalized spacial score (nSPS) is 22.2. The summed E-state index contributed by atoms with van der Waals surface area (Å²) in [6.45, 7) is 1.49. The van der Waals surface area contributed by atoms with Crippen LogP contribution in [-0.4, -0.2) is 33.0 Å². The number of hydrogen-bond acceptors (Lipinski definition) is 3. The molecule has 2 unspecified atom stereocenters. The van der Waals surface area contributed by atoms with Gasteiger partial charge in [-0.05, 0) is 18.2 Å². The first-order chi connectivity index (χ1) is 8.22. The SMILES string of the molecule is COc1ccc(F)cc1C(Cl)C1COCCO1. The minimum atomic E-state index is -0.485. The van der Waals surface area contributed by atoms with Crippen LogP contribution in [0.1, 0.15) is 10.9 Å². The molecule has 0 radical (unpaired) electrons. The highest BCUT2D eigenvalue weighted by atomic mass is 35.5. The number of halogens is 2. The van der Waals surface area contributed by atoms with E-state index in [0.717, 1.165) is 0 Å². The van der Waals surface area contributed by atoms with E-state index in [1.54, 1.807) is 6.07 Å². The van der Waals surface area contributed by atoms with Gasteiger partial charge in [-0.25, -0.2) is 4.39 Å². The Hall–Kier alpha value is -0.840. The third-order valence-electron chi connectivity index (χ3n) is 2.66. The molecule has 0 aromatic heterocycles. The van der Waals surface area contributed by atoms with E-state index in [9.17, 15) is 4.39 Å². The van der Waals surface area contributed by atoms with Gasteiger partial charge in [-0.3, -0.25) is 0 Å². The second-order valence-electron chi connectivity index (χ2n) is 3.77. The molecule has 94 valence electrons. The minimum absolute atomic E-state index is 0.277. The van der Waals surface area contributed by atoms with Crippen molar-refractivity contribution in [3.05, 3.63) is 29.6 Å². The Labute approximate surface area is 104 Å². The zero-order valence-corrected chi connectivity index (χ0v) is 10.2. The zero-order chi connectivity index (χ0) is 12.3. The third-order valence-corrected chi connectivity index (χ3v) is 3.17. The van der Waals surface area contributed by atoms with Crippen molar-refractivity contribution in [3.63, 3.8) is 0 Å². The number of alkyl halides is 1. The summed E-state index contributed by atoms with van der Waals surface area (Å²) < 4.78 is 29.2. The number of ether oxygens (including phenoxy) is 3. The molecule has 1 aliphatic rings. The molecule has 0 aliphatic carbocycles. The second kappa shape index (κ2) is 5.67. The Morgan fingerprint density at radius 1 is 1.47 bits per heavy atom. The Kier molecular flexibility index (Phi) is 4.20. The van der Waals surface area contributed by atoms with Gasteiger partial charge >= 0.3 is 0 Å². The van der Waals surface area contributed by atoms with Gasteiger partial charge in [0.2, 0.25) is 0 Å². The van der Waals surface area contributed by atoms with Crippen molar-refractivity contribution in [1.29, 1.82) is 0 Å². The topological polar surface area (TPSA) is 27.7 Å². The highest BCUT2D eigenvalue weighted by Gasteiger charge is 2.27. The van der Waals surface area contributed by atoms with Gasteiger partial charge in [0.15, 0.2) is 0 Å². The maximum absolute atomic E-state index is 13.2. The van der Waals surface area contributed by atoms with Crippen LogP contribution in [0.4, 0.5) is 4.39 Å². The van der Waals surface area contributed by atoms with Gasteiger partial charge in [-0.2, -0.15) is 0 Å². The standard InChI is InChI=1S/C12H14ClFO3/c1-15-10-3-2-8(14)6-9(10)12(13)11-7-16-4-5-17-11/h2-3,6,11-12H,4-5,7H2,1H3. The van der Waals surface area contributed by atoms with E-state index in [0.29, 0.717) is 31.1 Å². The van der Waals surface area contributed by atoms with Crippen LogP contribution in [0.5, 0.6) is 5.75 Å². The van der Waals surface area contributed by atoms with Crippen LogP contribution in [0.25, 0.3) is 0 Å². The lowest BCUT2D eigenvalue weighted by Gasteiger charge is -2.27. The van der Waals surface area contributed by atoms with Crippen LogP contribution in [0, 0.1) is 5.82 Å². The number of hydrogen-bond donors (Lipinski definition) is 0. The third kappa shape index (κ3) is 2.89. The minimum Gasteiger partial charge on any atom is -0.496 e. The lowest BCUT2D eigenvalue weighted by molar-refractivity contribution is -0.0893. The summed E-state index contributed by atoms with van der Waals surface area (Å²) in [5.41, 5.74) is 0.588. The van der Waals surface area contributed by atoms with Gasteiger partial charge in [0, 0.05) is 5.56 Å². The Balaban J connectivity index is 2.21. The van der Waals surface area contributed by atoms with Crippen molar-refractivity contribution in [2.45, 2.75) is 11.5 Å². The lowest BCUT2D eigenvalue weighted by Crippen LogP contribution is -2.32. The van der Waals surface area contributed by atoms with E-state index < -0.39 is 5.38 Å². The van der Waals surface area contributed by atoms with E-state index in [2.05, 4.69) is 0 Å². The average Bonchev–Trinajstić information content (AvgIpc) is 2.39. The van der Waals surface area contributed by atoms with Crippen molar-refractivity contribution >= 4 is 11.6 Å². The van der Waals surface area contributed by atoms with Crippen LogP contribution in [0.3, 0.4) is 0 Å². The Bertz CT molecular complexity index is 380. The molecule has 0 amide bonds.